The van der Waals surface area contributed by atoms with E-state index in [0.717, 1.165) is 32.8 Å². The standard InChI is InChI=1S/C12H18N4O2.ClH/c13-11(14)10-2-1-3-15-12(10)18-9-6-16-4-7-17-8-5-16;/h1-3H,4-9H2,(H3,13,14);1H. The number of amidine groups is 1. The van der Waals surface area contributed by atoms with Gasteiger partial charge in [-0.2, -0.15) is 0 Å². The van der Waals surface area contributed by atoms with Crippen LogP contribution in [0.5, 0.6) is 5.88 Å². The van der Waals surface area contributed by atoms with Crippen molar-refractivity contribution in [2.24, 2.45) is 5.73 Å². The van der Waals surface area contributed by atoms with Crippen molar-refractivity contribution < 1.29 is 9.47 Å². The summed E-state index contributed by atoms with van der Waals surface area (Å²) >= 11 is 0. The van der Waals surface area contributed by atoms with Gasteiger partial charge in [0.25, 0.3) is 0 Å². The van der Waals surface area contributed by atoms with Gasteiger partial charge in [-0.3, -0.25) is 10.3 Å². The lowest BCUT2D eigenvalue weighted by Gasteiger charge is -2.26. The highest BCUT2D eigenvalue weighted by atomic mass is 35.5. The maximum absolute atomic E-state index is 7.44. The number of nitrogens with one attached hydrogen (secondary N) is 1. The predicted octanol–water partition coefficient (Wildman–Crippen LogP) is 0.498. The number of rotatable bonds is 5. The number of nitrogens with two attached hydrogens (primary N) is 1. The maximum atomic E-state index is 7.44. The second-order valence-electron chi connectivity index (χ2n) is 4.07. The number of morpholine rings is 1. The Morgan fingerprint density at radius 2 is 2.21 bits per heavy atom. The highest BCUT2D eigenvalue weighted by Gasteiger charge is 2.11. The van der Waals surface area contributed by atoms with Crippen molar-refractivity contribution in [3.05, 3.63) is 23.9 Å². The van der Waals surface area contributed by atoms with E-state index in [4.69, 9.17) is 20.6 Å². The normalized spacial score (nSPS) is 15.6. The molecule has 1 aliphatic heterocycles. The van der Waals surface area contributed by atoms with Crippen molar-refractivity contribution >= 4 is 18.2 Å². The zero-order valence-electron chi connectivity index (χ0n) is 10.7. The molecule has 0 bridgehead atoms. The molecule has 106 valence electrons. The molecule has 0 aliphatic carbocycles. The van der Waals surface area contributed by atoms with Gasteiger partial charge in [-0.25, -0.2) is 4.98 Å². The number of halogens is 1. The average Bonchev–Trinajstić information content (AvgIpc) is 2.40. The first-order valence-corrected chi connectivity index (χ1v) is 5.99. The predicted molar refractivity (Wildman–Crippen MR) is 75.3 cm³/mol. The molecule has 19 heavy (non-hydrogen) atoms. The molecule has 0 unspecified atom stereocenters. The van der Waals surface area contributed by atoms with Crippen molar-refractivity contribution in [3.8, 4) is 5.88 Å². The van der Waals surface area contributed by atoms with E-state index in [1.807, 2.05) is 0 Å². The molecular weight excluding hydrogens is 268 g/mol. The largest absolute Gasteiger partial charge is 0.476 e. The number of nitrogens with zero attached hydrogens (tertiary/aromatic N) is 2. The Bertz CT molecular complexity index is 410. The Labute approximate surface area is 118 Å². The number of ether oxygens (including phenoxy) is 2. The average molecular weight is 287 g/mol. The number of aromatic nitrogens is 1. The lowest BCUT2D eigenvalue weighted by Crippen LogP contribution is -2.38. The van der Waals surface area contributed by atoms with Crippen LogP contribution >= 0.6 is 12.4 Å². The van der Waals surface area contributed by atoms with Crippen LogP contribution < -0.4 is 10.5 Å². The monoisotopic (exact) mass is 286 g/mol. The van der Waals surface area contributed by atoms with Gasteiger partial charge in [-0.1, -0.05) is 0 Å². The molecule has 3 N–H and O–H groups in total. The van der Waals surface area contributed by atoms with Gasteiger partial charge in [0.2, 0.25) is 5.88 Å². The van der Waals surface area contributed by atoms with Crippen LogP contribution in [0.3, 0.4) is 0 Å². The number of pyridine rings is 1. The fraction of sp³-hybridized carbons (Fsp3) is 0.500. The molecule has 0 aromatic carbocycles. The molecular formula is C12H19ClN4O2. The topological polar surface area (TPSA) is 84.5 Å². The minimum atomic E-state index is -0.0236. The second-order valence-corrected chi connectivity index (χ2v) is 4.07. The minimum Gasteiger partial charge on any atom is -0.476 e. The summed E-state index contributed by atoms with van der Waals surface area (Å²) in [5, 5.41) is 7.44. The summed E-state index contributed by atoms with van der Waals surface area (Å²) in [4.78, 5) is 6.37. The lowest BCUT2D eigenvalue weighted by atomic mass is 10.2. The summed E-state index contributed by atoms with van der Waals surface area (Å²) in [6, 6.07) is 3.48. The summed E-state index contributed by atoms with van der Waals surface area (Å²) < 4.78 is 10.9. The minimum absolute atomic E-state index is 0. The van der Waals surface area contributed by atoms with Gasteiger partial charge in [-0.15, -0.1) is 12.4 Å². The van der Waals surface area contributed by atoms with Gasteiger partial charge in [0.05, 0.1) is 18.8 Å². The van der Waals surface area contributed by atoms with Crippen LogP contribution in [0, 0.1) is 5.41 Å². The van der Waals surface area contributed by atoms with E-state index in [-0.39, 0.29) is 18.2 Å². The molecule has 0 atom stereocenters. The first-order chi connectivity index (χ1) is 8.77. The molecule has 1 saturated heterocycles. The third kappa shape index (κ3) is 4.66. The van der Waals surface area contributed by atoms with E-state index >= 15 is 0 Å². The second kappa shape index (κ2) is 7.93. The van der Waals surface area contributed by atoms with Gasteiger partial charge >= 0.3 is 0 Å². The van der Waals surface area contributed by atoms with Gasteiger partial charge < -0.3 is 15.2 Å². The van der Waals surface area contributed by atoms with Gasteiger partial charge in [0, 0.05) is 25.8 Å². The molecule has 1 aromatic heterocycles. The summed E-state index contributed by atoms with van der Waals surface area (Å²) in [6.45, 7) is 4.80. The lowest BCUT2D eigenvalue weighted by molar-refractivity contribution is 0.0320. The third-order valence-electron chi connectivity index (χ3n) is 2.81. The highest BCUT2D eigenvalue weighted by molar-refractivity contribution is 5.96. The van der Waals surface area contributed by atoms with Crippen molar-refractivity contribution in [2.75, 3.05) is 39.5 Å². The summed E-state index contributed by atoms with van der Waals surface area (Å²) in [6.07, 6.45) is 1.64. The Hall–Kier alpha value is -1.37. The van der Waals surface area contributed by atoms with Gasteiger partial charge in [0.1, 0.15) is 12.4 Å². The van der Waals surface area contributed by atoms with Crippen molar-refractivity contribution in [1.29, 1.82) is 5.41 Å². The first-order valence-electron chi connectivity index (χ1n) is 5.99. The molecule has 1 fully saturated rings. The Balaban J connectivity index is 0.00000180. The zero-order chi connectivity index (χ0) is 12.8. The van der Waals surface area contributed by atoms with E-state index in [9.17, 15) is 0 Å². The van der Waals surface area contributed by atoms with Gasteiger partial charge in [0.15, 0.2) is 0 Å². The van der Waals surface area contributed by atoms with E-state index in [1.54, 1.807) is 18.3 Å². The third-order valence-corrected chi connectivity index (χ3v) is 2.81. The fourth-order valence-corrected chi connectivity index (χ4v) is 1.81. The van der Waals surface area contributed by atoms with Crippen LogP contribution in [-0.2, 0) is 4.74 Å². The number of nitrogen functional groups attached to an aromatic ring is 1. The molecule has 1 aliphatic rings. The van der Waals surface area contributed by atoms with Gasteiger partial charge in [-0.05, 0) is 12.1 Å². The molecule has 6 nitrogen and oxygen atoms in total. The van der Waals surface area contributed by atoms with E-state index < -0.39 is 0 Å². The number of hydrogen-bond acceptors (Lipinski definition) is 5. The van der Waals surface area contributed by atoms with Crippen molar-refractivity contribution in [1.82, 2.24) is 9.88 Å². The molecule has 7 heteroatoms. The summed E-state index contributed by atoms with van der Waals surface area (Å²) in [7, 11) is 0. The van der Waals surface area contributed by atoms with E-state index in [2.05, 4.69) is 9.88 Å². The summed E-state index contributed by atoms with van der Waals surface area (Å²) in [5.41, 5.74) is 6.01. The maximum Gasteiger partial charge on any atom is 0.224 e. The highest BCUT2D eigenvalue weighted by Crippen LogP contribution is 2.13. The molecule has 0 saturated carbocycles. The van der Waals surface area contributed by atoms with E-state index in [0.29, 0.717) is 18.1 Å². The molecule has 2 rings (SSSR count). The molecule has 2 heterocycles. The Morgan fingerprint density at radius 3 is 2.89 bits per heavy atom. The first kappa shape index (κ1) is 15.7. The SMILES string of the molecule is Cl.N=C(N)c1cccnc1OCCN1CCOCC1. The smallest absolute Gasteiger partial charge is 0.224 e. The number of hydrogen-bond donors (Lipinski definition) is 2. The Kier molecular flexibility index (Phi) is 6.55. The van der Waals surface area contributed by atoms with Crippen LogP contribution in [0.25, 0.3) is 0 Å². The van der Waals surface area contributed by atoms with Crippen molar-refractivity contribution in [3.63, 3.8) is 0 Å². The van der Waals surface area contributed by atoms with Crippen LogP contribution in [0.4, 0.5) is 0 Å². The summed E-state index contributed by atoms with van der Waals surface area (Å²) in [5.74, 6) is 0.405. The zero-order valence-corrected chi connectivity index (χ0v) is 11.5. The van der Waals surface area contributed by atoms with Crippen LogP contribution in [0.1, 0.15) is 5.56 Å². The van der Waals surface area contributed by atoms with Crippen LogP contribution in [0.2, 0.25) is 0 Å². The van der Waals surface area contributed by atoms with Crippen LogP contribution in [0.15, 0.2) is 18.3 Å². The Morgan fingerprint density at radius 1 is 1.47 bits per heavy atom. The molecule has 1 aromatic rings. The van der Waals surface area contributed by atoms with Crippen LogP contribution in [-0.4, -0.2) is 55.2 Å². The quantitative estimate of drug-likeness (QED) is 0.608. The van der Waals surface area contributed by atoms with E-state index in [1.165, 1.54) is 0 Å². The fourth-order valence-electron chi connectivity index (χ4n) is 1.81. The molecule has 0 radical (unpaired) electrons. The molecule has 0 spiro atoms. The molecule has 0 amide bonds. The van der Waals surface area contributed by atoms with Crippen molar-refractivity contribution in [2.45, 2.75) is 0 Å².